The first-order valence-electron chi connectivity index (χ1n) is 16.6. The smallest absolute Gasteiger partial charge is 0.338 e. The highest BCUT2D eigenvalue weighted by molar-refractivity contribution is 6.02. The van der Waals surface area contributed by atoms with Crippen molar-refractivity contribution in [2.45, 2.75) is 71.5 Å². The van der Waals surface area contributed by atoms with Crippen molar-refractivity contribution in [3.05, 3.63) is 77.4 Å². The maximum absolute atomic E-state index is 12.1. The number of anilines is 1. The summed E-state index contributed by atoms with van der Waals surface area (Å²) < 4.78 is 27.2. The summed E-state index contributed by atoms with van der Waals surface area (Å²) >= 11 is 0. The summed E-state index contributed by atoms with van der Waals surface area (Å²) in [6, 6.07) is 16.2. The number of phenols is 2. The zero-order chi connectivity index (χ0) is 36.2. The molecule has 1 aliphatic rings. The van der Waals surface area contributed by atoms with Gasteiger partial charge in [0.15, 0.2) is 6.29 Å². The molecule has 0 amide bonds. The number of aliphatic hydroxyl groups excluding tert-OH is 2. The molecule has 3 aromatic carbocycles. The van der Waals surface area contributed by atoms with Crippen molar-refractivity contribution in [2.24, 2.45) is 4.99 Å². The highest BCUT2D eigenvalue weighted by Crippen LogP contribution is 2.31. The van der Waals surface area contributed by atoms with Crippen molar-refractivity contribution >= 4 is 17.5 Å². The molecule has 4 atom stereocenters. The highest BCUT2D eigenvalue weighted by atomic mass is 16.5. The van der Waals surface area contributed by atoms with E-state index in [-0.39, 0.29) is 56.7 Å². The molecule has 0 fully saturated rings. The lowest BCUT2D eigenvalue weighted by molar-refractivity contribution is -0.0123. The fraction of sp³-hybridized carbons (Fsp3) is 0.444. The number of aliphatic hydroxyl groups is 2. The van der Waals surface area contributed by atoms with Crippen LogP contribution in [0.3, 0.4) is 0 Å². The summed E-state index contributed by atoms with van der Waals surface area (Å²) in [6.45, 7) is 9.69. The van der Waals surface area contributed by atoms with E-state index in [0.717, 1.165) is 0 Å². The van der Waals surface area contributed by atoms with Gasteiger partial charge in [0.25, 0.3) is 0 Å². The minimum absolute atomic E-state index is 0.0210. The molecule has 0 saturated carbocycles. The number of aliphatic imine (C=N–C) groups is 1. The van der Waals surface area contributed by atoms with Crippen LogP contribution in [0.15, 0.2) is 65.7 Å². The third kappa shape index (κ3) is 11.5. The molecule has 0 aliphatic carbocycles. The van der Waals surface area contributed by atoms with Crippen LogP contribution in [-0.4, -0.2) is 96.0 Å². The van der Waals surface area contributed by atoms with Crippen molar-refractivity contribution in [1.82, 2.24) is 10.6 Å². The molecule has 14 heteroatoms. The average Bonchev–Trinajstić information content (AvgIpc) is 3.08. The zero-order valence-electron chi connectivity index (χ0n) is 29.0. The number of carbonyl (C=O) groups is 1. The van der Waals surface area contributed by atoms with Gasteiger partial charge >= 0.3 is 5.97 Å². The fourth-order valence-electron chi connectivity index (χ4n) is 4.75. The zero-order valence-corrected chi connectivity index (χ0v) is 29.0. The lowest BCUT2D eigenvalue weighted by Crippen LogP contribution is -2.51. The van der Waals surface area contributed by atoms with Crippen molar-refractivity contribution in [1.29, 1.82) is 0 Å². The number of amidine groups is 1. The number of nitrogens with zero attached hydrogens (tertiary/aromatic N) is 1. The average molecular weight is 697 g/mol. The van der Waals surface area contributed by atoms with E-state index >= 15 is 0 Å². The largest absolute Gasteiger partial charge is 0.507 e. The molecular weight excluding hydrogens is 648 g/mol. The van der Waals surface area contributed by atoms with Crippen LogP contribution < -0.4 is 25.4 Å². The second-order valence-corrected chi connectivity index (χ2v) is 12.2. The Morgan fingerprint density at radius 1 is 0.820 bits per heavy atom. The van der Waals surface area contributed by atoms with Gasteiger partial charge < -0.3 is 54.7 Å². The Morgan fingerprint density at radius 2 is 1.40 bits per heavy atom. The molecule has 0 aromatic heterocycles. The van der Waals surface area contributed by atoms with E-state index < -0.39 is 30.6 Å². The lowest BCUT2D eigenvalue weighted by Gasteiger charge is -2.33. The number of hydrogen-bond donors (Lipinski definition) is 7. The van der Waals surface area contributed by atoms with Crippen LogP contribution in [0.5, 0.6) is 23.0 Å². The van der Waals surface area contributed by atoms with E-state index in [4.69, 9.17) is 28.7 Å². The van der Waals surface area contributed by atoms with E-state index in [9.17, 15) is 25.2 Å². The first kappa shape index (κ1) is 38.2. The predicted octanol–water partition coefficient (Wildman–Crippen LogP) is 3.64. The van der Waals surface area contributed by atoms with E-state index in [1.807, 2.05) is 27.7 Å². The van der Waals surface area contributed by atoms with Gasteiger partial charge in [-0.3, -0.25) is 5.32 Å². The molecule has 272 valence electrons. The summed E-state index contributed by atoms with van der Waals surface area (Å²) in [4.78, 5) is 16.9. The van der Waals surface area contributed by atoms with Crippen LogP contribution in [0.25, 0.3) is 0 Å². The number of nitrogens with one attached hydrogen (secondary N) is 3. The minimum atomic E-state index is -0.845. The van der Waals surface area contributed by atoms with Gasteiger partial charge in [-0.2, -0.15) is 0 Å². The van der Waals surface area contributed by atoms with Crippen molar-refractivity contribution in [2.75, 3.05) is 38.4 Å². The number of rotatable bonds is 18. The lowest BCUT2D eigenvalue weighted by atomic mass is 10.1. The van der Waals surface area contributed by atoms with Gasteiger partial charge in [0, 0.05) is 23.4 Å². The number of phenolic OH excluding ortho intramolecular Hbond substituents is 2. The number of esters is 1. The number of ether oxygens (including phenoxy) is 5. The normalized spacial score (nSPS) is 17.1. The van der Waals surface area contributed by atoms with Crippen LogP contribution >= 0.6 is 0 Å². The van der Waals surface area contributed by atoms with Gasteiger partial charge in [0.2, 0.25) is 0 Å². The monoisotopic (exact) mass is 696 g/mol. The third-order valence-electron chi connectivity index (χ3n) is 7.23. The van der Waals surface area contributed by atoms with Crippen molar-refractivity contribution < 1.29 is 48.9 Å². The quantitative estimate of drug-likeness (QED) is 0.0955. The Labute approximate surface area is 292 Å². The molecule has 14 nitrogen and oxygen atoms in total. The Hall–Kier alpha value is -4.60. The van der Waals surface area contributed by atoms with Crippen molar-refractivity contribution in [3.63, 3.8) is 0 Å². The minimum Gasteiger partial charge on any atom is -0.507 e. The van der Waals surface area contributed by atoms with Crippen LogP contribution in [-0.2, 0) is 14.2 Å². The van der Waals surface area contributed by atoms with E-state index in [1.165, 1.54) is 12.1 Å². The summed E-state index contributed by atoms with van der Waals surface area (Å²) in [5.41, 5.74) is 1.85. The molecule has 7 N–H and O–H groups in total. The first-order chi connectivity index (χ1) is 23.9. The summed E-state index contributed by atoms with van der Waals surface area (Å²) in [5, 5.41) is 52.2. The molecule has 4 rings (SSSR count). The maximum atomic E-state index is 12.1. The van der Waals surface area contributed by atoms with E-state index in [2.05, 4.69) is 16.0 Å². The molecule has 1 heterocycles. The summed E-state index contributed by atoms with van der Waals surface area (Å²) in [5.74, 6) is 0.343. The van der Waals surface area contributed by atoms with Gasteiger partial charge in [-0.1, -0.05) is 0 Å². The SMILES string of the molecule is CCOC(=O)c1ccc(NC2N=C(c3ccc(OCC(O)COC(C)C)cc3O)NC(c3ccc(OCC(O)COC(C)C)cc3O)N2)cc1. The second kappa shape index (κ2) is 18.4. The summed E-state index contributed by atoms with van der Waals surface area (Å²) in [7, 11) is 0. The van der Waals surface area contributed by atoms with Crippen LogP contribution in [0.1, 0.15) is 62.3 Å². The molecule has 0 saturated heterocycles. The van der Waals surface area contributed by atoms with E-state index in [0.29, 0.717) is 39.7 Å². The predicted molar refractivity (Wildman–Crippen MR) is 187 cm³/mol. The molecule has 3 aromatic rings. The standard InChI is InChI=1S/C36H48N4O10/c1-6-46-35(45)23-7-9-24(10-8-23)37-36-39-33(29-13-11-27(15-31(29)43)49-19-25(41)17-47-21(2)3)38-34(40-36)30-14-12-28(16-32(30)44)50-20-26(42)18-48-22(4)5/h7-16,21-22,25-26,33,36-37,39,41-44H,6,17-20H2,1-5H3,(H,38,40). The Balaban J connectivity index is 1.54. The fourth-order valence-corrected chi connectivity index (χ4v) is 4.75. The van der Waals surface area contributed by atoms with Gasteiger partial charge in [0.1, 0.15) is 60.4 Å². The second-order valence-electron chi connectivity index (χ2n) is 12.2. The maximum Gasteiger partial charge on any atom is 0.338 e. The molecule has 1 aliphatic heterocycles. The van der Waals surface area contributed by atoms with Gasteiger partial charge in [-0.05, 0) is 83.1 Å². The highest BCUT2D eigenvalue weighted by Gasteiger charge is 2.28. The van der Waals surface area contributed by atoms with Gasteiger partial charge in [-0.25, -0.2) is 9.79 Å². The number of carbonyl (C=O) groups excluding carboxylic acids is 1. The molecule has 4 unspecified atom stereocenters. The number of hydrogen-bond acceptors (Lipinski definition) is 14. The number of benzene rings is 3. The van der Waals surface area contributed by atoms with Crippen LogP contribution in [0.2, 0.25) is 0 Å². The molecular formula is C36H48N4O10. The van der Waals surface area contributed by atoms with Gasteiger partial charge in [-0.15, -0.1) is 0 Å². The Morgan fingerprint density at radius 3 is 1.94 bits per heavy atom. The number of aromatic hydroxyl groups is 2. The molecule has 0 spiro atoms. The van der Waals surface area contributed by atoms with Gasteiger partial charge in [0.05, 0.1) is 43.2 Å². The topological polar surface area (TPSA) is 193 Å². The molecule has 50 heavy (non-hydrogen) atoms. The van der Waals surface area contributed by atoms with Crippen LogP contribution in [0.4, 0.5) is 5.69 Å². The third-order valence-corrected chi connectivity index (χ3v) is 7.23. The molecule has 0 radical (unpaired) electrons. The molecule has 0 bridgehead atoms. The Bertz CT molecular complexity index is 1570. The van der Waals surface area contributed by atoms with Crippen LogP contribution in [0, 0.1) is 0 Å². The van der Waals surface area contributed by atoms with Crippen molar-refractivity contribution in [3.8, 4) is 23.0 Å². The Kier molecular flexibility index (Phi) is 14.1. The first-order valence-corrected chi connectivity index (χ1v) is 16.6. The van der Waals surface area contributed by atoms with E-state index in [1.54, 1.807) is 55.5 Å². The summed E-state index contributed by atoms with van der Waals surface area (Å²) in [6.07, 6.45) is -3.21.